The third kappa shape index (κ3) is 3.68. The van der Waals surface area contributed by atoms with Gasteiger partial charge in [0.2, 0.25) is 11.2 Å². The van der Waals surface area contributed by atoms with Crippen LogP contribution >= 0.6 is 39.1 Å². The Kier molecular flexibility index (Phi) is 4.79. The van der Waals surface area contributed by atoms with E-state index in [9.17, 15) is 0 Å². The van der Waals surface area contributed by atoms with Crippen LogP contribution in [-0.4, -0.2) is 21.6 Å². The number of halogens is 3. The van der Waals surface area contributed by atoms with Gasteiger partial charge in [0.05, 0.1) is 21.8 Å². The summed E-state index contributed by atoms with van der Waals surface area (Å²) in [6.45, 7) is 2.28. The van der Waals surface area contributed by atoms with Crippen molar-refractivity contribution in [2.45, 2.75) is 6.92 Å². The summed E-state index contributed by atoms with van der Waals surface area (Å²) in [5.41, 5.74) is 0.720. The Morgan fingerprint density at radius 2 is 2.05 bits per heavy atom. The molecule has 0 unspecified atom stereocenters. The van der Waals surface area contributed by atoms with Gasteiger partial charge in [-0.2, -0.15) is 15.0 Å². The lowest BCUT2D eigenvalue weighted by molar-refractivity contribution is 0.312. The maximum atomic E-state index is 6.00. The number of hydrogen-bond acceptors (Lipinski definition) is 5. The minimum Gasteiger partial charge on any atom is -0.464 e. The number of ether oxygens (including phenoxy) is 1. The molecular formula is C11H9BrCl2N4O. The van der Waals surface area contributed by atoms with Gasteiger partial charge in [-0.1, -0.05) is 17.7 Å². The molecule has 0 bridgehead atoms. The van der Waals surface area contributed by atoms with E-state index in [2.05, 4.69) is 36.2 Å². The first kappa shape index (κ1) is 14.3. The second kappa shape index (κ2) is 6.36. The number of aromatic nitrogens is 3. The minimum absolute atomic E-state index is 0.0547. The quantitative estimate of drug-likeness (QED) is 0.886. The average Bonchev–Trinajstić information content (AvgIpc) is 2.35. The van der Waals surface area contributed by atoms with Crippen molar-refractivity contribution >= 4 is 50.8 Å². The highest BCUT2D eigenvalue weighted by atomic mass is 79.9. The van der Waals surface area contributed by atoms with Crippen molar-refractivity contribution in [2.24, 2.45) is 0 Å². The van der Waals surface area contributed by atoms with Gasteiger partial charge in [-0.25, -0.2) is 0 Å². The van der Waals surface area contributed by atoms with Crippen LogP contribution in [0, 0.1) is 0 Å². The van der Waals surface area contributed by atoms with Crippen molar-refractivity contribution < 1.29 is 4.74 Å². The molecule has 0 fully saturated rings. The minimum atomic E-state index is 0.0547. The Labute approximate surface area is 128 Å². The lowest BCUT2D eigenvalue weighted by Gasteiger charge is -2.09. The van der Waals surface area contributed by atoms with Crippen molar-refractivity contribution in [3.05, 3.63) is 33.0 Å². The molecule has 0 radical (unpaired) electrons. The zero-order chi connectivity index (χ0) is 13.8. The normalized spacial score (nSPS) is 10.3. The van der Waals surface area contributed by atoms with E-state index in [4.69, 9.17) is 27.9 Å². The van der Waals surface area contributed by atoms with Crippen molar-refractivity contribution in [1.29, 1.82) is 0 Å². The number of benzene rings is 1. The fourth-order valence-electron chi connectivity index (χ4n) is 1.30. The van der Waals surface area contributed by atoms with Gasteiger partial charge in [-0.15, -0.1) is 0 Å². The fraction of sp³-hybridized carbons (Fsp3) is 0.182. The van der Waals surface area contributed by atoms with E-state index in [0.29, 0.717) is 16.1 Å². The molecule has 0 amide bonds. The number of nitrogens with zero attached hydrogens (tertiary/aromatic N) is 3. The Bertz CT molecular complexity index is 597. The predicted octanol–water partition coefficient (Wildman–Crippen LogP) is 4.08. The summed E-state index contributed by atoms with van der Waals surface area (Å²) < 4.78 is 5.91. The van der Waals surface area contributed by atoms with Gasteiger partial charge in [0.15, 0.2) is 0 Å². The first-order chi connectivity index (χ1) is 9.10. The van der Waals surface area contributed by atoms with Gasteiger partial charge in [0, 0.05) is 0 Å². The summed E-state index contributed by atoms with van der Waals surface area (Å²) in [5.74, 6) is 0.284. The Balaban J connectivity index is 2.30. The van der Waals surface area contributed by atoms with Gasteiger partial charge in [0.1, 0.15) is 0 Å². The molecule has 1 aromatic carbocycles. The van der Waals surface area contributed by atoms with Gasteiger partial charge in [-0.05, 0) is 46.6 Å². The van der Waals surface area contributed by atoms with E-state index < -0.39 is 0 Å². The largest absolute Gasteiger partial charge is 0.464 e. The number of nitrogens with one attached hydrogen (secondary N) is 1. The smallest absolute Gasteiger partial charge is 0.322 e. The molecule has 2 aromatic rings. The molecule has 2 rings (SSSR count). The maximum absolute atomic E-state index is 6.00. The predicted molar refractivity (Wildman–Crippen MR) is 78.4 cm³/mol. The Morgan fingerprint density at radius 1 is 1.26 bits per heavy atom. The molecule has 0 saturated carbocycles. The molecular weight excluding hydrogens is 355 g/mol. The van der Waals surface area contributed by atoms with Gasteiger partial charge < -0.3 is 10.1 Å². The zero-order valence-electron chi connectivity index (χ0n) is 9.82. The van der Waals surface area contributed by atoms with Crippen LogP contribution in [-0.2, 0) is 0 Å². The molecule has 1 heterocycles. The summed E-state index contributed by atoms with van der Waals surface area (Å²) >= 11 is 15.2. The van der Waals surface area contributed by atoms with Crippen LogP contribution in [0.3, 0.4) is 0 Å². The number of anilines is 2. The molecule has 0 aliphatic carbocycles. The van der Waals surface area contributed by atoms with E-state index in [0.717, 1.165) is 5.69 Å². The van der Waals surface area contributed by atoms with Crippen LogP contribution in [0.25, 0.3) is 0 Å². The average molecular weight is 364 g/mol. The third-order valence-electron chi connectivity index (χ3n) is 2.06. The van der Waals surface area contributed by atoms with Gasteiger partial charge in [-0.3, -0.25) is 0 Å². The second-order valence-corrected chi connectivity index (χ2v) is 4.91. The molecule has 0 spiro atoms. The van der Waals surface area contributed by atoms with Gasteiger partial charge in [0.25, 0.3) is 0 Å². The molecule has 1 N–H and O–H groups in total. The van der Waals surface area contributed by atoms with Crippen LogP contribution in [0.4, 0.5) is 11.6 Å². The third-order valence-corrected chi connectivity index (χ3v) is 3.63. The van der Waals surface area contributed by atoms with Crippen LogP contribution in [0.2, 0.25) is 10.3 Å². The van der Waals surface area contributed by atoms with Crippen molar-refractivity contribution in [3.8, 4) is 6.01 Å². The first-order valence-corrected chi connectivity index (χ1v) is 6.90. The Hall–Kier alpha value is -1.11. The SMILES string of the molecule is CCOc1nc(Cl)nc(Nc2cccc(Cl)c2Br)n1. The summed E-state index contributed by atoms with van der Waals surface area (Å²) in [6.07, 6.45) is 0. The molecule has 5 nitrogen and oxygen atoms in total. The fourth-order valence-corrected chi connectivity index (χ4v) is 1.99. The van der Waals surface area contributed by atoms with E-state index in [1.165, 1.54) is 0 Å². The van der Waals surface area contributed by atoms with Crippen LogP contribution in [0.5, 0.6) is 6.01 Å². The van der Waals surface area contributed by atoms with Crippen LogP contribution < -0.4 is 10.1 Å². The lowest BCUT2D eigenvalue weighted by Crippen LogP contribution is -2.04. The van der Waals surface area contributed by atoms with Crippen molar-refractivity contribution in [3.63, 3.8) is 0 Å². The second-order valence-electron chi connectivity index (χ2n) is 3.37. The maximum Gasteiger partial charge on any atom is 0.322 e. The van der Waals surface area contributed by atoms with Crippen LogP contribution in [0.15, 0.2) is 22.7 Å². The molecule has 0 aliphatic rings. The highest BCUT2D eigenvalue weighted by molar-refractivity contribution is 9.10. The van der Waals surface area contributed by atoms with E-state index in [1.807, 2.05) is 19.1 Å². The van der Waals surface area contributed by atoms with E-state index in [-0.39, 0.29) is 17.2 Å². The lowest BCUT2D eigenvalue weighted by atomic mass is 10.3. The first-order valence-electron chi connectivity index (χ1n) is 5.35. The van der Waals surface area contributed by atoms with Crippen molar-refractivity contribution in [1.82, 2.24) is 15.0 Å². The molecule has 100 valence electrons. The molecule has 19 heavy (non-hydrogen) atoms. The monoisotopic (exact) mass is 362 g/mol. The summed E-state index contributed by atoms with van der Waals surface area (Å²) in [6, 6.07) is 5.57. The highest BCUT2D eigenvalue weighted by Gasteiger charge is 2.09. The molecule has 1 aromatic heterocycles. The van der Waals surface area contributed by atoms with Crippen LogP contribution in [0.1, 0.15) is 6.92 Å². The number of rotatable bonds is 4. The Morgan fingerprint density at radius 3 is 2.79 bits per heavy atom. The summed E-state index contributed by atoms with van der Waals surface area (Å²) in [4.78, 5) is 11.9. The van der Waals surface area contributed by atoms with Crippen molar-refractivity contribution in [2.75, 3.05) is 11.9 Å². The van der Waals surface area contributed by atoms with E-state index >= 15 is 0 Å². The molecule has 0 atom stereocenters. The molecule has 0 saturated heterocycles. The molecule has 8 heteroatoms. The zero-order valence-corrected chi connectivity index (χ0v) is 12.9. The van der Waals surface area contributed by atoms with E-state index in [1.54, 1.807) is 6.07 Å². The topological polar surface area (TPSA) is 59.9 Å². The number of hydrogen-bond donors (Lipinski definition) is 1. The molecule has 0 aliphatic heterocycles. The summed E-state index contributed by atoms with van der Waals surface area (Å²) in [5, 5.41) is 3.63. The van der Waals surface area contributed by atoms with Gasteiger partial charge >= 0.3 is 6.01 Å². The highest BCUT2D eigenvalue weighted by Crippen LogP contribution is 2.31. The summed E-state index contributed by atoms with van der Waals surface area (Å²) in [7, 11) is 0. The standard InChI is InChI=1S/C11H9BrCl2N4O/c1-2-19-11-17-9(14)16-10(18-11)15-7-5-3-4-6(13)8(7)12/h3-5H,2H2,1H3,(H,15,16,17,18).